The number of benzene rings is 1. The fourth-order valence-corrected chi connectivity index (χ4v) is 2.89. The molecule has 2 aliphatic rings. The Kier molecular flexibility index (Phi) is 6.32. The molecule has 1 aromatic rings. The van der Waals surface area contributed by atoms with Crippen LogP contribution in [0.1, 0.15) is 19.3 Å². The summed E-state index contributed by atoms with van der Waals surface area (Å²) in [6.45, 7) is 3.36. The summed E-state index contributed by atoms with van der Waals surface area (Å²) < 4.78 is 0. The Morgan fingerprint density at radius 1 is 1.00 bits per heavy atom. The number of carbonyl (C=O) groups is 1. The third kappa shape index (κ3) is 3.62. The number of para-hydroxylation sites is 1. The lowest BCUT2D eigenvalue weighted by Crippen LogP contribution is -2.62. The first-order chi connectivity index (χ1) is 9.19. The molecule has 3 rings (SSSR count). The number of hydrogen-bond donors (Lipinski definition) is 1. The molecule has 4 nitrogen and oxygen atoms in total. The summed E-state index contributed by atoms with van der Waals surface area (Å²) in [6, 6.07) is 10.4. The van der Waals surface area contributed by atoms with Crippen molar-refractivity contribution in [3.63, 3.8) is 0 Å². The molecule has 6 heteroatoms. The highest BCUT2D eigenvalue weighted by molar-refractivity contribution is 5.87. The molecule has 0 unspecified atom stereocenters. The summed E-state index contributed by atoms with van der Waals surface area (Å²) in [4.78, 5) is 16.6. The summed E-state index contributed by atoms with van der Waals surface area (Å²) in [5.41, 5.74) is 6.81. The molecule has 1 heterocycles. The number of nitrogens with two attached hydrogens (primary N) is 1. The Hall–Kier alpha value is -0.970. The number of amides is 1. The number of halogens is 2. The highest BCUT2D eigenvalue weighted by atomic mass is 35.5. The van der Waals surface area contributed by atoms with Crippen LogP contribution in [0.5, 0.6) is 0 Å². The maximum atomic E-state index is 12.3. The van der Waals surface area contributed by atoms with Gasteiger partial charge < -0.3 is 15.5 Å². The van der Waals surface area contributed by atoms with Crippen LogP contribution in [-0.4, -0.2) is 42.5 Å². The third-order valence-corrected chi connectivity index (χ3v) is 4.36. The molecule has 1 aromatic carbocycles. The van der Waals surface area contributed by atoms with Gasteiger partial charge in [-0.05, 0) is 31.4 Å². The normalized spacial score (nSPS) is 19.9. The summed E-state index contributed by atoms with van der Waals surface area (Å²) in [6.07, 6.45) is 2.79. The van der Waals surface area contributed by atoms with Gasteiger partial charge in [0.15, 0.2) is 0 Å². The molecule has 1 aliphatic heterocycles. The van der Waals surface area contributed by atoms with Crippen molar-refractivity contribution >= 4 is 36.4 Å². The van der Waals surface area contributed by atoms with Crippen molar-refractivity contribution in [2.75, 3.05) is 31.1 Å². The van der Waals surface area contributed by atoms with Gasteiger partial charge in [-0.15, -0.1) is 24.8 Å². The molecular formula is C15H23Cl2N3O. The summed E-state index contributed by atoms with van der Waals surface area (Å²) in [7, 11) is 0. The predicted octanol–water partition coefficient (Wildman–Crippen LogP) is 2.06. The van der Waals surface area contributed by atoms with Gasteiger partial charge >= 0.3 is 0 Å². The van der Waals surface area contributed by atoms with E-state index in [0.717, 1.165) is 45.4 Å². The summed E-state index contributed by atoms with van der Waals surface area (Å²) in [5, 5.41) is 0. The van der Waals surface area contributed by atoms with E-state index in [-0.39, 0.29) is 30.7 Å². The van der Waals surface area contributed by atoms with Crippen molar-refractivity contribution in [2.45, 2.75) is 24.8 Å². The first-order valence-corrected chi connectivity index (χ1v) is 7.07. The number of nitrogens with zero attached hydrogens (tertiary/aromatic N) is 2. The molecule has 0 aromatic heterocycles. The zero-order valence-electron chi connectivity index (χ0n) is 12.0. The Bertz CT molecular complexity index is 457. The average Bonchev–Trinajstić information content (AvgIpc) is 2.45. The predicted molar refractivity (Wildman–Crippen MR) is 90.5 cm³/mol. The molecule has 0 spiro atoms. The van der Waals surface area contributed by atoms with Crippen molar-refractivity contribution in [2.24, 2.45) is 5.73 Å². The molecule has 2 fully saturated rings. The number of anilines is 1. The number of carbonyl (C=O) groups excluding carboxylic acids is 1. The molecule has 118 valence electrons. The minimum absolute atomic E-state index is 0. The fourth-order valence-electron chi connectivity index (χ4n) is 2.89. The van der Waals surface area contributed by atoms with E-state index in [4.69, 9.17) is 5.73 Å². The molecular weight excluding hydrogens is 309 g/mol. The lowest BCUT2D eigenvalue weighted by atomic mass is 9.76. The Morgan fingerprint density at radius 2 is 1.57 bits per heavy atom. The zero-order chi connectivity index (χ0) is 13.3. The highest BCUT2D eigenvalue weighted by Gasteiger charge is 2.43. The van der Waals surface area contributed by atoms with E-state index in [9.17, 15) is 4.79 Å². The second-order valence-electron chi connectivity index (χ2n) is 5.62. The van der Waals surface area contributed by atoms with Gasteiger partial charge in [-0.3, -0.25) is 4.79 Å². The smallest absolute Gasteiger partial charge is 0.242 e. The lowest BCUT2D eigenvalue weighted by molar-refractivity contribution is -0.140. The number of hydrogen-bond acceptors (Lipinski definition) is 3. The molecule has 1 saturated carbocycles. The topological polar surface area (TPSA) is 49.6 Å². The standard InChI is InChI=1S/C15H21N3O.2ClH/c16-15(7-4-8-15)14(19)18-11-9-17(10-12-18)13-5-2-1-3-6-13;;/h1-3,5-6H,4,7-12,16H2;2*1H. The van der Waals surface area contributed by atoms with Crippen LogP contribution in [-0.2, 0) is 4.79 Å². The van der Waals surface area contributed by atoms with E-state index in [1.807, 2.05) is 11.0 Å². The maximum Gasteiger partial charge on any atom is 0.242 e. The molecule has 2 N–H and O–H groups in total. The zero-order valence-corrected chi connectivity index (χ0v) is 13.7. The van der Waals surface area contributed by atoms with Crippen molar-refractivity contribution in [3.8, 4) is 0 Å². The Morgan fingerprint density at radius 3 is 2.05 bits per heavy atom. The van der Waals surface area contributed by atoms with Gasteiger partial charge in [-0.2, -0.15) is 0 Å². The van der Waals surface area contributed by atoms with Crippen LogP contribution in [0.2, 0.25) is 0 Å². The summed E-state index contributed by atoms with van der Waals surface area (Å²) >= 11 is 0. The molecule has 1 amide bonds. The quantitative estimate of drug-likeness (QED) is 0.902. The van der Waals surface area contributed by atoms with E-state index in [1.165, 1.54) is 5.69 Å². The maximum absolute atomic E-state index is 12.3. The van der Waals surface area contributed by atoms with Crippen molar-refractivity contribution in [1.82, 2.24) is 4.90 Å². The largest absolute Gasteiger partial charge is 0.368 e. The molecule has 0 atom stereocenters. The number of rotatable bonds is 2. The highest BCUT2D eigenvalue weighted by Crippen LogP contribution is 2.31. The SMILES string of the molecule is Cl.Cl.NC1(C(=O)N2CCN(c3ccccc3)CC2)CCC1. The first-order valence-electron chi connectivity index (χ1n) is 7.07. The van der Waals surface area contributed by atoms with Crippen LogP contribution in [0.4, 0.5) is 5.69 Å². The lowest BCUT2D eigenvalue weighted by Gasteiger charge is -2.43. The van der Waals surface area contributed by atoms with Gasteiger partial charge in [0.1, 0.15) is 0 Å². The minimum atomic E-state index is -0.547. The van der Waals surface area contributed by atoms with E-state index >= 15 is 0 Å². The van der Waals surface area contributed by atoms with Crippen LogP contribution >= 0.6 is 24.8 Å². The van der Waals surface area contributed by atoms with Gasteiger partial charge in [0.25, 0.3) is 0 Å². The fraction of sp³-hybridized carbons (Fsp3) is 0.533. The Labute approximate surface area is 138 Å². The van der Waals surface area contributed by atoms with Crippen LogP contribution in [0.25, 0.3) is 0 Å². The summed E-state index contributed by atoms with van der Waals surface area (Å²) in [5.74, 6) is 0.159. The average molecular weight is 332 g/mol. The number of piperazine rings is 1. The second kappa shape index (κ2) is 7.34. The van der Waals surface area contributed by atoms with Crippen LogP contribution in [0, 0.1) is 0 Å². The molecule has 0 bridgehead atoms. The van der Waals surface area contributed by atoms with Crippen LogP contribution in [0.15, 0.2) is 30.3 Å². The molecule has 1 aliphatic carbocycles. The van der Waals surface area contributed by atoms with Gasteiger partial charge in [0.2, 0.25) is 5.91 Å². The molecule has 21 heavy (non-hydrogen) atoms. The van der Waals surface area contributed by atoms with Crippen LogP contribution < -0.4 is 10.6 Å². The van der Waals surface area contributed by atoms with Crippen LogP contribution in [0.3, 0.4) is 0 Å². The second-order valence-corrected chi connectivity index (χ2v) is 5.62. The molecule has 0 radical (unpaired) electrons. The van der Waals surface area contributed by atoms with Gasteiger partial charge in [-0.25, -0.2) is 0 Å². The van der Waals surface area contributed by atoms with Gasteiger partial charge in [-0.1, -0.05) is 18.2 Å². The van der Waals surface area contributed by atoms with E-state index in [2.05, 4.69) is 29.2 Å². The molecule has 1 saturated heterocycles. The minimum Gasteiger partial charge on any atom is -0.368 e. The van der Waals surface area contributed by atoms with E-state index < -0.39 is 5.54 Å². The third-order valence-electron chi connectivity index (χ3n) is 4.36. The van der Waals surface area contributed by atoms with E-state index in [1.54, 1.807) is 0 Å². The van der Waals surface area contributed by atoms with Crippen molar-refractivity contribution < 1.29 is 4.79 Å². The van der Waals surface area contributed by atoms with Crippen molar-refractivity contribution in [3.05, 3.63) is 30.3 Å². The van der Waals surface area contributed by atoms with Gasteiger partial charge in [0.05, 0.1) is 5.54 Å². The monoisotopic (exact) mass is 331 g/mol. The van der Waals surface area contributed by atoms with E-state index in [0.29, 0.717) is 0 Å². The Balaban J connectivity index is 0.00000110. The van der Waals surface area contributed by atoms with Gasteiger partial charge in [0, 0.05) is 31.9 Å². The first kappa shape index (κ1) is 18.1. The van der Waals surface area contributed by atoms with Crippen molar-refractivity contribution in [1.29, 1.82) is 0 Å².